The van der Waals surface area contributed by atoms with Crippen molar-refractivity contribution in [3.63, 3.8) is 0 Å². The van der Waals surface area contributed by atoms with Gasteiger partial charge in [-0.15, -0.1) is 0 Å². The van der Waals surface area contributed by atoms with E-state index in [1.54, 1.807) is 0 Å². The molecule has 0 aromatic carbocycles. The molecule has 0 heterocycles. The van der Waals surface area contributed by atoms with Crippen molar-refractivity contribution in [3.8, 4) is 0 Å². The van der Waals surface area contributed by atoms with Gasteiger partial charge in [0.1, 0.15) is 13.2 Å². The number of aliphatic hydroxyl groups excluding tert-OH is 1. The number of quaternary nitrogens is 1. The van der Waals surface area contributed by atoms with Crippen LogP contribution in [0.2, 0.25) is 0 Å². The molecule has 9 heteroatoms. The Labute approximate surface area is 221 Å². The number of nitrogens with one attached hydrogen (secondary N) is 1. The van der Waals surface area contributed by atoms with E-state index in [4.69, 9.17) is 9.05 Å². The average molecular weight is 536 g/mol. The maximum absolute atomic E-state index is 12.5. The summed E-state index contributed by atoms with van der Waals surface area (Å²) < 4.78 is 23.1. The first-order chi connectivity index (χ1) is 17.0. The minimum absolute atomic E-state index is 0.0723. The number of aliphatic hydroxyl groups is 1. The third-order valence-corrected chi connectivity index (χ3v) is 6.98. The number of amides is 1. The Hall–Kier alpha value is -0.760. The van der Waals surface area contributed by atoms with Gasteiger partial charge in [0, 0.05) is 6.42 Å². The molecule has 0 saturated heterocycles. The molecule has 1 amide bonds. The van der Waals surface area contributed by atoms with Crippen molar-refractivity contribution in [3.05, 3.63) is 12.2 Å². The van der Waals surface area contributed by atoms with Crippen LogP contribution in [-0.2, 0) is 18.4 Å². The Morgan fingerprint density at radius 2 is 1.56 bits per heavy atom. The van der Waals surface area contributed by atoms with Gasteiger partial charge < -0.3 is 19.8 Å². The number of phosphoric ester groups is 1. The summed E-state index contributed by atoms with van der Waals surface area (Å²) >= 11 is 0. The summed E-state index contributed by atoms with van der Waals surface area (Å²) in [6.07, 6.45) is 17.2. The summed E-state index contributed by atoms with van der Waals surface area (Å²) in [5.74, 6) is -0.169. The molecule has 8 nitrogen and oxygen atoms in total. The monoisotopic (exact) mass is 535 g/mol. The van der Waals surface area contributed by atoms with Crippen LogP contribution >= 0.6 is 7.82 Å². The molecule has 0 aliphatic heterocycles. The fourth-order valence-electron chi connectivity index (χ4n) is 3.63. The second-order valence-corrected chi connectivity index (χ2v) is 12.2. The number of unbranched alkanes of at least 4 members (excludes halogenated alkanes) is 9. The molecule has 0 rings (SSSR count). The van der Waals surface area contributed by atoms with Crippen LogP contribution in [0.3, 0.4) is 0 Å². The van der Waals surface area contributed by atoms with Gasteiger partial charge in [-0.05, 0) is 32.1 Å². The number of likely N-dealkylation sites (N-methyl/N-ethyl adjacent to an activating group) is 1. The topological polar surface area (TPSA) is 105 Å². The highest BCUT2D eigenvalue weighted by Gasteiger charge is 2.28. The summed E-state index contributed by atoms with van der Waals surface area (Å²) in [6, 6.07) is -0.753. The highest BCUT2D eigenvalue weighted by Crippen LogP contribution is 2.43. The molecule has 36 heavy (non-hydrogen) atoms. The van der Waals surface area contributed by atoms with E-state index in [1.165, 1.54) is 12.8 Å². The van der Waals surface area contributed by atoms with Gasteiger partial charge in [-0.25, -0.2) is 4.57 Å². The summed E-state index contributed by atoms with van der Waals surface area (Å²) in [6.45, 7) is 4.64. The Bertz CT molecular complexity index is 624. The van der Waals surface area contributed by atoms with E-state index in [-0.39, 0.29) is 19.1 Å². The highest BCUT2D eigenvalue weighted by molar-refractivity contribution is 7.47. The Morgan fingerprint density at radius 1 is 0.917 bits per heavy atom. The Kier molecular flexibility index (Phi) is 20.8. The largest absolute Gasteiger partial charge is 0.472 e. The minimum atomic E-state index is -4.28. The van der Waals surface area contributed by atoms with Crippen molar-refractivity contribution in [2.75, 3.05) is 40.9 Å². The number of hydrogen-bond acceptors (Lipinski definition) is 5. The van der Waals surface area contributed by atoms with E-state index >= 15 is 0 Å². The molecule has 0 aromatic rings. The van der Waals surface area contributed by atoms with Gasteiger partial charge in [-0.1, -0.05) is 77.4 Å². The minimum Gasteiger partial charge on any atom is -0.391 e. The maximum Gasteiger partial charge on any atom is 0.472 e. The molecular formula is C27H56N2O6P+. The van der Waals surface area contributed by atoms with Crippen molar-refractivity contribution >= 4 is 13.7 Å². The predicted molar refractivity (Wildman–Crippen MR) is 148 cm³/mol. The zero-order chi connectivity index (χ0) is 27.3. The molecule has 214 valence electrons. The normalized spacial score (nSPS) is 15.6. The third-order valence-electron chi connectivity index (χ3n) is 5.99. The van der Waals surface area contributed by atoms with Gasteiger partial charge in [-0.2, -0.15) is 0 Å². The first-order valence-electron chi connectivity index (χ1n) is 14.1. The number of phosphoric acid groups is 1. The number of carbonyl (C=O) groups excluding carboxylic acids is 1. The highest BCUT2D eigenvalue weighted by atomic mass is 31.2. The first-order valence-corrected chi connectivity index (χ1v) is 15.5. The van der Waals surface area contributed by atoms with E-state index in [1.807, 2.05) is 21.1 Å². The smallest absolute Gasteiger partial charge is 0.391 e. The number of hydrogen-bond donors (Lipinski definition) is 3. The molecule has 0 aliphatic carbocycles. The molecule has 0 aromatic heterocycles. The lowest BCUT2D eigenvalue weighted by molar-refractivity contribution is -0.870. The van der Waals surface area contributed by atoms with Crippen LogP contribution in [0.15, 0.2) is 12.2 Å². The number of rotatable bonds is 24. The molecular weight excluding hydrogens is 479 g/mol. The predicted octanol–water partition coefficient (Wildman–Crippen LogP) is 5.73. The van der Waals surface area contributed by atoms with E-state index in [0.29, 0.717) is 23.9 Å². The van der Waals surface area contributed by atoms with Crippen molar-refractivity contribution in [2.24, 2.45) is 0 Å². The molecule has 0 radical (unpaired) electrons. The molecule has 0 bridgehead atoms. The number of allylic oxidation sites excluding steroid dienone is 2. The molecule has 0 spiro atoms. The van der Waals surface area contributed by atoms with E-state index in [0.717, 1.165) is 64.2 Å². The quantitative estimate of drug-likeness (QED) is 0.0631. The van der Waals surface area contributed by atoms with Crippen LogP contribution in [0.25, 0.3) is 0 Å². The van der Waals surface area contributed by atoms with Crippen LogP contribution in [0.1, 0.15) is 104 Å². The number of carbonyl (C=O) groups is 1. The summed E-state index contributed by atoms with van der Waals surface area (Å²) in [4.78, 5) is 22.6. The van der Waals surface area contributed by atoms with Crippen LogP contribution in [0.4, 0.5) is 0 Å². The van der Waals surface area contributed by atoms with Gasteiger partial charge in [0.15, 0.2) is 0 Å². The molecule has 0 saturated carbocycles. The van der Waals surface area contributed by atoms with Gasteiger partial charge in [0.05, 0.1) is 39.9 Å². The maximum atomic E-state index is 12.5. The van der Waals surface area contributed by atoms with Crippen molar-refractivity contribution in [2.45, 2.75) is 116 Å². The molecule has 3 atom stereocenters. The van der Waals surface area contributed by atoms with E-state index in [9.17, 15) is 19.4 Å². The second-order valence-electron chi connectivity index (χ2n) is 10.8. The van der Waals surface area contributed by atoms with Crippen molar-refractivity contribution in [1.82, 2.24) is 5.32 Å². The summed E-state index contributed by atoms with van der Waals surface area (Å²) in [5.41, 5.74) is 0. The first kappa shape index (κ1) is 35.2. The van der Waals surface area contributed by atoms with Gasteiger partial charge in [0.25, 0.3) is 0 Å². The van der Waals surface area contributed by atoms with Gasteiger partial charge in [0.2, 0.25) is 5.91 Å². The third kappa shape index (κ3) is 22.4. The lowest BCUT2D eigenvalue weighted by Gasteiger charge is -2.26. The SMILES string of the molecule is CCC/C=C\CCCCCCCC(=O)NC(COP(=O)(O)OCC[N+](C)(C)C)C(O)CCCCCC. The fraction of sp³-hybridized carbons (Fsp3) is 0.889. The van der Waals surface area contributed by atoms with Crippen molar-refractivity contribution in [1.29, 1.82) is 0 Å². The fourth-order valence-corrected chi connectivity index (χ4v) is 4.37. The zero-order valence-corrected chi connectivity index (χ0v) is 24.6. The number of nitrogens with zero attached hydrogens (tertiary/aromatic N) is 1. The lowest BCUT2D eigenvalue weighted by atomic mass is 10.0. The molecule has 0 fully saturated rings. The molecule has 0 aliphatic rings. The lowest BCUT2D eigenvalue weighted by Crippen LogP contribution is -2.46. The van der Waals surface area contributed by atoms with Crippen LogP contribution in [-0.4, -0.2) is 73.4 Å². The summed E-state index contributed by atoms with van der Waals surface area (Å²) in [7, 11) is 1.60. The Balaban J connectivity index is 4.52. The van der Waals surface area contributed by atoms with E-state index in [2.05, 4.69) is 31.3 Å². The molecule has 3 N–H and O–H groups in total. The van der Waals surface area contributed by atoms with Gasteiger partial charge >= 0.3 is 7.82 Å². The summed E-state index contributed by atoms with van der Waals surface area (Å²) in [5, 5.41) is 13.5. The van der Waals surface area contributed by atoms with E-state index < -0.39 is 20.0 Å². The van der Waals surface area contributed by atoms with Crippen LogP contribution in [0.5, 0.6) is 0 Å². The Morgan fingerprint density at radius 3 is 2.22 bits per heavy atom. The van der Waals surface area contributed by atoms with Crippen LogP contribution in [0, 0.1) is 0 Å². The zero-order valence-electron chi connectivity index (χ0n) is 23.8. The average Bonchev–Trinajstić information content (AvgIpc) is 2.79. The van der Waals surface area contributed by atoms with Crippen molar-refractivity contribution < 1.29 is 32.9 Å². The molecule has 3 unspecified atom stereocenters. The standard InChI is InChI=1S/C27H55N2O6P/c1-6-8-10-12-13-14-15-16-17-19-21-27(31)28-25(26(30)20-18-11-9-7-2)24-35-36(32,33)34-23-22-29(3,4)5/h10,12,25-26,30H,6-9,11,13-24H2,1-5H3,(H-,28,31,32,33)/p+1/b12-10-. The van der Waals surface area contributed by atoms with Crippen LogP contribution < -0.4 is 5.32 Å². The second kappa shape index (κ2) is 21.2. The van der Waals surface area contributed by atoms with Gasteiger partial charge in [-0.3, -0.25) is 13.8 Å².